The van der Waals surface area contributed by atoms with Gasteiger partial charge in [-0.05, 0) is 71.0 Å². The Morgan fingerprint density at radius 2 is 1.83 bits per heavy atom. The number of nitrogens with one attached hydrogen (secondary N) is 2. The van der Waals surface area contributed by atoms with E-state index in [0.29, 0.717) is 28.3 Å². The molecular weight excluding hydrogens is 425 g/mol. The Kier molecular flexibility index (Phi) is 8.58. The topological polar surface area (TPSA) is 87.2 Å². The molecule has 0 spiro atoms. The summed E-state index contributed by atoms with van der Waals surface area (Å²) in [6, 6.07) is 7.22. The second-order valence-corrected chi connectivity index (χ2v) is 7.99. The maximum atomic E-state index is 12.8. The number of hydrogen-bond acceptors (Lipinski definition) is 5. The molecule has 3 rings (SSSR count). The molecule has 0 unspecified atom stereocenters. The number of aryl methyl sites for hydroxylation is 1. The number of rotatable bonds is 5. The third-order valence-corrected chi connectivity index (χ3v) is 5.33. The fourth-order valence-corrected chi connectivity index (χ4v) is 3.48. The normalized spacial score (nSPS) is 14.8. The first kappa shape index (κ1) is 24.1. The molecule has 1 aliphatic heterocycles. The summed E-state index contributed by atoms with van der Waals surface area (Å²) in [4.78, 5) is 36.3. The van der Waals surface area contributed by atoms with Crippen LogP contribution in [0.25, 0.3) is 0 Å². The number of carbonyl (C=O) groups excluding carboxylic acids is 2. The summed E-state index contributed by atoms with van der Waals surface area (Å²) in [7, 11) is 0. The van der Waals surface area contributed by atoms with Gasteiger partial charge in [0.2, 0.25) is 5.91 Å². The van der Waals surface area contributed by atoms with Crippen LogP contribution in [0.3, 0.4) is 0 Å². The Morgan fingerprint density at radius 3 is 2.43 bits per heavy atom. The molecule has 0 atom stereocenters. The molecule has 1 fully saturated rings. The molecular formula is C21H27Cl2N5O2. The predicted molar refractivity (Wildman–Crippen MR) is 121 cm³/mol. The van der Waals surface area contributed by atoms with Crippen molar-refractivity contribution in [3.8, 4) is 0 Å². The van der Waals surface area contributed by atoms with Crippen molar-refractivity contribution in [1.82, 2.24) is 14.9 Å². The van der Waals surface area contributed by atoms with Crippen molar-refractivity contribution in [3.05, 3.63) is 46.9 Å². The summed E-state index contributed by atoms with van der Waals surface area (Å²) < 4.78 is 0. The monoisotopic (exact) mass is 451 g/mol. The van der Waals surface area contributed by atoms with Crippen molar-refractivity contribution in [2.75, 3.05) is 23.7 Å². The van der Waals surface area contributed by atoms with E-state index in [0.717, 1.165) is 25.9 Å². The highest BCUT2D eigenvalue weighted by Gasteiger charge is 2.27. The molecule has 2 N–H and O–H groups in total. The molecule has 30 heavy (non-hydrogen) atoms. The first-order valence-electron chi connectivity index (χ1n) is 9.79. The largest absolute Gasteiger partial charge is 0.324 e. The zero-order valence-electron chi connectivity index (χ0n) is 17.3. The van der Waals surface area contributed by atoms with E-state index >= 15 is 0 Å². The number of amides is 2. The van der Waals surface area contributed by atoms with E-state index < -0.39 is 5.91 Å². The summed E-state index contributed by atoms with van der Waals surface area (Å²) in [6.07, 6.45) is 3.06. The number of aromatic nitrogens is 2. The van der Waals surface area contributed by atoms with Gasteiger partial charge in [-0.15, -0.1) is 12.4 Å². The minimum atomic E-state index is -0.437. The average Bonchev–Trinajstić information content (AvgIpc) is 2.71. The number of halogens is 2. The van der Waals surface area contributed by atoms with E-state index in [-0.39, 0.29) is 29.9 Å². The molecule has 0 aromatic carbocycles. The van der Waals surface area contributed by atoms with Crippen LogP contribution in [0.15, 0.2) is 30.5 Å². The zero-order valence-corrected chi connectivity index (χ0v) is 18.9. The SMILES string of the molecule is Cc1ccc(NC(=O)C2CCN(C(C)C)CC2)c(C(=O)Nc2ccc(Cl)cn2)n1.Cl. The molecule has 162 valence electrons. The lowest BCUT2D eigenvalue weighted by Gasteiger charge is -2.34. The zero-order chi connectivity index (χ0) is 21.0. The standard InChI is InChI=1S/C21H26ClN5O2.ClH/c1-13(2)27-10-8-15(9-11-27)20(28)25-17-6-4-14(3)24-19(17)21(29)26-18-7-5-16(22)12-23-18;/h4-7,12-13,15H,8-11H2,1-3H3,(H,25,28)(H,23,26,29);1H. The van der Waals surface area contributed by atoms with Gasteiger partial charge in [-0.25, -0.2) is 9.97 Å². The number of pyridine rings is 2. The van der Waals surface area contributed by atoms with E-state index in [1.165, 1.54) is 6.20 Å². The van der Waals surface area contributed by atoms with Crippen LogP contribution in [0.2, 0.25) is 5.02 Å². The molecule has 0 saturated carbocycles. The molecule has 3 heterocycles. The smallest absolute Gasteiger partial charge is 0.277 e. The van der Waals surface area contributed by atoms with Gasteiger partial charge < -0.3 is 15.5 Å². The van der Waals surface area contributed by atoms with Gasteiger partial charge in [0.25, 0.3) is 5.91 Å². The van der Waals surface area contributed by atoms with Crippen LogP contribution in [-0.4, -0.2) is 45.8 Å². The van der Waals surface area contributed by atoms with Gasteiger partial charge in [0.05, 0.1) is 10.7 Å². The number of carbonyl (C=O) groups is 2. The number of anilines is 2. The highest BCUT2D eigenvalue weighted by molar-refractivity contribution is 6.30. The maximum Gasteiger partial charge on any atom is 0.277 e. The second-order valence-electron chi connectivity index (χ2n) is 7.56. The van der Waals surface area contributed by atoms with Crippen molar-refractivity contribution in [2.45, 2.75) is 39.7 Å². The summed E-state index contributed by atoms with van der Waals surface area (Å²) in [5, 5.41) is 6.08. The molecule has 2 aromatic rings. The van der Waals surface area contributed by atoms with Crippen LogP contribution < -0.4 is 10.6 Å². The highest BCUT2D eigenvalue weighted by atomic mass is 35.5. The maximum absolute atomic E-state index is 12.8. The van der Waals surface area contributed by atoms with E-state index in [2.05, 4.69) is 39.3 Å². The molecule has 0 aliphatic carbocycles. The minimum absolute atomic E-state index is 0. The molecule has 1 aliphatic rings. The molecule has 2 aromatic heterocycles. The Labute approximate surface area is 188 Å². The Hall–Kier alpha value is -2.22. The lowest BCUT2D eigenvalue weighted by Crippen LogP contribution is -2.41. The van der Waals surface area contributed by atoms with Crippen LogP contribution in [0.1, 0.15) is 42.9 Å². The molecule has 0 radical (unpaired) electrons. The van der Waals surface area contributed by atoms with Crippen molar-refractivity contribution >= 4 is 47.3 Å². The number of likely N-dealkylation sites (tertiary alicyclic amines) is 1. The van der Waals surface area contributed by atoms with E-state index in [9.17, 15) is 9.59 Å². The van der Waals surface area contributed by atoms with Crippen molar-refractivity contribution in [3.63, 3.8) is 0 Å². The van der Waals surface area contributed by atoms with E-state index in [1.54, 1.807) is 31.2 Å². The van der Waals surface area contributed by atoms with Crippen molar-refractivity contribution < 1.29 is 9.59 Å². The average molecular weight is 452 g/mol. The molecule has 0 bridgehead atoms. The highest BCUT2D eigenvalue weighted by Crippen LogP contribution is 2.23. The summed E-state index contributed by atoms with van der Waals surface area (Å²) in [5.74, 6) is -0.215. The van der Waals surface area contributed by atoms with Gasteiger partial charge in [0.15, 0.2) is 5.69 Å². The van der Waals surface area contributed by atoms with Crippen LogP contribution >= 0.6 is 24.0 Å². The third kappa shape index (κ3) is 6.14. The molecule has 1 saturated heterocycles. The first-order valence-corrected chi connectivity index (χ1v) is 10.2. The fraction of sp³-hybridized carbons (Fsp3) is 0.429. The van der Waals surface area contributed by atoms with Gasteiger partial charge in [-0.2, -0.15) is 0 Å². The Bertz CT molecular complexity index is 881. The quantitative estimate of drug-likeness (QED) is 0.711. The van der Waals surface area contributed by atoms with Gasteiger partial charge in [-0.1, -0.05) is 11.6 Å². The number of piperidine rings is 1. The Balaban J connectivity index is 0.00000320. The predicted octanol–water partition coefficient (Wildman–Crippen LogP) is 4.17. The lowest BCUT2D eigenvalue weighted by molar-refractivity contribution is -0.121. The van der Waals surface area contributed by atoms with Crippen LogP contribution in [-0.2, 0) is 4.79 Å². The summed E-state index contributed by atoms with van der Waals surface area (Å²) >= 11 is 5.83. The first-order chi connectivity index (χ1) is 13.8. The van der Waals surface area contributed by atoms with Gasteiger partial charge >= 0.3 is 0 Å². The van der Waals surface area contributed by atoms with Crippen LogP contribution in [0.5, 0.6) is 0 Å². The molecule has 7 nitrogen and oxygen atoms in total. The molecule has 2 amide bonds. The van der Waals surface area contributed by atoms with Gasteiger partial charge in [0.1, 0.15) is 5.82 Å². The molecule has 9 heteroatoms. The van der Waals surface area contributed by atoms with Crippen molar-refractivity contribution in [1.29, 1.82) is 0 Å². The lowest BCUT2D eigenvalue weighted by atomic mass is 9.95. The summed E-state index contributed by atoms with van der Waals surface area (Å²) in [5.41, 5.74) is 1.25. The van der Waals surface area contributed by atoms with Crippen molar-refractivity contribution in [2.24, 2.45) is 5.92 Å². The van der Waals surface area contributed by atoms with E-state index in [1.807, 2.05) is 0 Å². The van der Waals surface area contributed by atoms with E-state index in [4.69, 9.17) is 11.6 Å². The Morgan fingerprint density at radius 1 is 1.13 bits per heavy atom. The number of nitrogens with zero attached hydrogens (tertiary/aromatic N) is 3. The summed E-state index contributed by atoms with van der Waals surface area (Å²) in [6.45, 7) is 7.93. The van der Waals surface area contributed by atoms with Gasteiger partial charge in [-0.3, -0.25) is 9.59 Å². The second kappa shape index (κ2) is 10.7. The van der Waals surface area contributed by atoms with Gasteiger partial charge in [0, 0.05) is 23.9 Å². The fourth-order valence-electron chi connectivity index (χ4n) is 3.37. The number of hydrogen-bond donors (Lipinski definition) is 2. The minimum Gasteiger partial charge on any atom is -0.324 e. The third-order valence-electron chi connectivity index (χ3n) is 5.11. The van der Waals surface area contributed by atoms with Crippen LogP contribution in [0.4, 0.5) is 11.5 Å². The van der Waals surface area contributed by atoms with Crippen LogP contribution in [0, 0.1) is 12.8 Å².